The molecule has 0 radical (unpaired) electrons. The molecule has 0 aromatic heterocycles. The number of carbonyl (C=O) groups excluding carboxylic acids is 1. The van der Waals surface area contributed by atoms with Crippen molar-refractivity contribution in [2.75, 3.05) is 5.32 Å². The number of benzene rings is 1. The molecular formula is C14H20N2O. The van der Waals surface area contributed by atoms with Crippen LogP contribution >= 0.6 is 0 Å². The lowest BCUT2D eigenvalue weighted by Crippen LogP contribution is -2.49. The van der Waals surface area contributed by atoms with Gasteiger partial charge in [-0.3, -0.25) is 0 Å². The number of hydrogen-bond donors (Lipinski definition) is 1. The van der Waals surface area contributed by atoms with E-state index < -0.39 is 0 Å². The molecule has 2 atom stereocenters. The minimum absolute atomic E-state index is 0.0240. The van der Waals surface area contributed by atoms with Crippen LogP contribution in [0.2, 0.25) is 0 Å². The van der Waals surface area contributed by atoms with Gasteiger partial charge in [-0.15, -0.1) is 0 Å². The summed E-state index contributed by atoms with van der Waals surface area (Å²) in [4.78, 5) is 14.2. The van der Waals surface area contributed by atoms with Gasteiger partial charge in [0.15, 0.2) is 0 Å². The fourth-order valence-electron chi connectivity index (χ4n) is 2.53. The molecule has 2 rings (SSSR count). The predicted molar refractivity (Wildman–Crippen MR) is 70.1 cm³/mol. The topological polar surface area (TPSA) is 32.3 Å². The standard InChI is InChI=1S/C14H20N2O/c1-11-7-6-8-12(2)16(11)14(17)15-13-9-4-3-5-10-13/h3-5,9-12H,6-8H2,1-2H3,(H,15,17)/t11-,12-/m0/s1. The maximum absolute atomic E-state index is 12.2. The molecule has 1 saturated heterocycles. The van der Waals surface area contributed by atoms with E-state index in [0.29, 0.717) is 12.1 Å². The fraction of sp³-hybridized carbons (Fsp3) is 0.500. The lowest BCUT2D eigenvalue weighted by Gasteiger charge is -2.38. The van der Waals surface area contributed by atoms with E-state index in [1.54, 1.807) is 0 Å². The van der Waals surface area contributed by atoms with Gasteiger partial charge in [-0.2, -0.15) is 0 Å². The quantitative estimate of drug-likeness (QED) is 0.790. The number of anilines is 1. The first-order valence-corrected chi connectivity index (χ1v) is 6.33. The first-order chi connectivity index (χ1) is 8.18. The van der Waals surface area contributed by atoms with Gasteiger partial charge < -0.3 is 10.2 Å². The Kier molecular flexibility index (Phi) is 3.67. The average molecular weight is 232 g/mol. The lowest BCUT2D eigenvalue weighted by atomic mass is 9.98. The van der Waals surface area contributed by atoms with E-state index in [4.69, 9.17) is 0 Å². The van der Waals surface area contributed by atoms with Crippen LogP contribution in [-0.2, 0) is 0 Å². The highest BCUT2D eigenvalue weighted by atomic mass is 16.2. The zero-order valence-electron chi connectivity index (χ0n) is 10.5. The van der Waals surface area contributed by atoms with Crippen LogP contribution in [0.15, 0.2) is 30.3 Å². The van der Waals surface area contributed by atoms with Crippen molar-refractivity contribution in [3.05, 3.63) is 30.3 Å². The SMILES string of the molecule is C[C@H]1CCC[C@H](C)N1C(=O)Nc1ccccc1. The van der Waals surface area contributed by atoms with E-state index in [2.05, 4.69) is 19.2 Å². The molecule has 1 N–H and O–H groups in total. The van der Waals surface area contributed by atoms with Gasteiger partial charge in [0.05, 0.1) is 0 Å². The molecule has 1 aromatic carbocycles. The normalized spacial score (nSPS) is 24.5. The van der Waals surface area contributed by atoms with E-state index in [9.17, 15) is 4.79 Å². The fourth-order valence-corrected chi connectivity index (χ4v) is 2.53. The molecular weight excluding hydrogens is 212 g/mol. The third-order valence-electron chi connectivity index (χ3n) is 3.45. The van der Waals surface area contributed by atoms with Crippen LogP contribution in [0.25, 0.3) is 0 Å². The van der Waals surface area contributed by atoms with Gasteiger partial charge in [0.2, 0.25) is 0 Å². The molecule has 0 aliphatic carbocycles. The molecule has 0 saturated carbocycles. The number of nitrogens with zero attached hydrogens (tertiary/aromatic N) is 1. The van der Waals surface area contributed by atoms with E-state index in [0.717, 1.165) is 18.5 Å². The number of amides is 2. The second-order valence-corrected chi connectivity index (χ2v) is 4.83. The van der Waals surface area contributed by atoms with Crippen LogP contribution in [0.3, 0.4) is 0 Å². The van der Waals surface area contributed by atoms with Crippen LogP contribution < -0.4 is 5.32 Å². The summed E-state index contributed by atoms with van der Waals surface area (Å²) >= 11 is 0. The third kappa shape index (κ3) is 2.78. The number of urea groups is 1. The maximum atomic E-state index is 12.2. The zero-order valence-corrected chi connectivity index (χ0v) is 10.5. The van der Waals surface area contributed by atoms with Crippen molar-refractivity contribution in [1.29, 1.82) is 0 Å². The van der Waals surface area contributed by atoms with Crippen molar-refractivity contribution in [2.45, 2.75) is 45.2 Å². The summed E-state index contributed by atoms with van der Waals surface area (Å²) < 4.78 is 0. The molecule has 92 valence electrons. The largest absolute Gasteiger partial charge is 0.322 e. The molecule has 1 aliphatic heterocycles. The van der Waals surface area contributed by atoms with E-state index in [1.807, 2.05) is 35.2 Å². The number of piperidine rings is 1. The number of nitrogens with one attached hydrogen (secondary N) is 1. The van der Waals surface area contributed by atoms with Gasteiger partial charge in [-0.05, 0) is 45.2 Å². The minimum atomic E-state index is 0.0240. The van der Waals surface area contributed by atoms with Crippen LogP contribution in [0.1, 0.15) is 33.1 Å². The summed E-state index contributed by atoms with van der Waals surface area (Å²) in [5.41, 5.74) is 0.863. The summed E-state index contributed by atoms with van der Waals surface area (Å²) in [6, 6.07) is 10.3. The Morgan fingerprint density at radius 3 is 2.35 bits per heavy atom. The van der Waals surface area contributed by atoms with Crippen LogP contribution in [0, 0.1) is 0 Å². The van der Waals surface area contributed by atoms with E-state index >= 15 is 0 Å². The first-order valence-electron chi connectivity index (χ1n) is 6.33. The molecule has 0 bridgehead atoms. The molecule has 3 nitrogen and oxygen atoms in total. The highest BCUT2D eigenvalue weighted by molar-refractivity contribution is 5.89. The number of rotatable bonds is 1. The first kappa shape index (κ1) is 12.0. The van der Waals surface area contributed by atoms with Gasteiger partial charge in [0, 0.05) is 17.8 Å². The zero-order chi connectivity index (χ0) is 12.3. The van der Waals surface area contributed by atoms with Gasteiger partial charge in [0.1, 0.15) is 0 Å². The van der Waals surface area contributed by atoms with Gasteiger partial charge in [-0.1, -0.05) is 18.2 Å². The van der Waals surface area contributed by atoms with Crippen molar-refractivity contribution >= 4 is 11.7 Å². The van der Waals surface area contributed by atoms with Crippen molar-refractivity contribution in [3.63, 3.8) is 0 Å². The van der Waals surface area contributed by atoms with Gasteiger partial charge >= 0.3 is 6.03 Å². The van der Waals surface area contributed by atoms with Crippen molar-refractivity contribution in [3.8, 4) is 0 Å². The van der Waals surface area contributed by atoms with Crippen molar-refractivity contribution in [2.24, 2.45) is 0 Å². The van der Waals surface area contributed by atoms with Gasteiger partial charge in [-0.25, -0.2) is 4.79 Å². The second-order valence-electron chi connectivity index (χ2n) is 4.83. The molecule has 1 heterocycles. The predicted octanol–water partition coefficient (Wildman–Crippen LogP) is 3.48. The van der Waals surface area contributed by atoms with Crippen LogP contribution in [0.5, 0.6) is 0 Å². The summed E-state index contributed by atoms with van der Waals surface area (Å²) in [6.45, 7) is 4.25. The Bertz CT molecular complexity index is 367. The van der Waals surface area contributed by atoms with Gasteiger partial charge in [0.25, 0.3) is 0 Å². The van der Waals surface area contributed by atoms with Crippen molar-refractivity contribution < 1.29 is 4.79 Å². The molecule has 0 spiro atoms. The van der Waals surface area contributed by atoms with Crippen LogP contribution in [-0.4, -0.2) is 23.0 Å². The Morgan fingerprint density at radius 1 is 1.18 bits per heavy atom. The summed E-state index contributed by atoms with van der Waals surface area (Å²) in [7, 11) is 0. The Balaban J connectivity index is 2.04. The monoisotopic (exact) mass is 232 g/mol. The molecule has 1 aliphatic rings. The second kappa shape index (κ2) is 5.21. The van der Waals surface area contributed by atoms with Crippen molar-refractivity contribution in [1.82, 2.24) is 4.90 Å². The number of likely N-dealkylation sites (tertiary alicyclic amines) is 1. The highest BCUT2D eigenvalue weighted by Gasteiger charge is 2.28. The molecule has 1 aromatic rings. The molecule has 2 amide bonds. The smallest absolute Gasteiger partial charge is 0.319 e. The molecule has 17 heavy (non-hydrogen) atoms. The summed E-state index contributed by atoms with van der Waals surface area (Å²) in [6.07, 6.45) is 3.43. The highest BCUT2D eigenvalue weighted by Crippen LogP contribution is 2.23. The number of para-hydroxylation sites is 1. The Labute approximate surface area is 103 Å². The summed E-state index contributed by atoms with van der Waals surface area (Å²) in [5, 5.41) is 2.96. The lowest BCUT2D eigenvalue weighted by molar-refractivity contribution is 0.133. The van der Waals surface area contributed by atoms with Crippen LogP contribution in [0.4, 0.5) is 10.5 Å². The minimum Gasteiger partial charge on any atom is -0.319 e. The summed E-state index contributed by atoms with van der Waals surface area (Å²) in [5.74, 6) is 0. The molecule has 1 fully saturated rings. The Hall–Kier alpha value is -1.51. The van der Waals surface area contributed by atoms with E-state index in [-0.39, 0.29) is 6.03 Å². The number of hydrogen-bond acceptors (Lipinski definition) is 1. The van der Waals surface area contributed by atoms with E-state index in [1.165, 1.54) is 6.42 Å². The molecule has 3 heteroatoms. The maximum Gasteiger partial charge on any atom is 0.322 e. The Morgan fingerprint density at radius 2 is 1.76 bits per heavy atom. The number of carbonyl (C=O) groups is 1. The average Bonchev–Trinajstić information content (AvgIpc) is 2.30. The third-order valence-corrected chi connectivity index (χ3v) is 3.45. The molecule has 0 unspecified atom stereocenters.